The predicted octanol–water partition coefficient (Wildman–Crippen LogP) is 0.0693. The van der Waals surface area contributed by atoms with Gasteiger partial charge in [-0.15, -0.1) is 0 Å². The molecule has 0 spiro atoms. The zero-order valence-corrected chi connectivity index (χ0v) is 8.88. The zero-order chi connectivity index (χ0) is 11.7. The van der Waals surface area contributed by atoms with Crippen LogP contribution in [0.15, 0.2) is 17.2 Å². The number of aliphatic carboxylic acids is 1. The molecule has 1 saturated heterocycles. The molecule has 0 saturated carbocycles. The molecule has 1 aliphatic heterocycles. The van der Waals surface area contributed by atoms with Gasteiger partial charge in [-0.1, -0.05) is 0 Å². The number of rotatable bonds is 2. The summed E-state index contributed by atoms with van der Waals surface area (Å²) in [4.78, 5) is 30.4. The highest BCUT2D eigenvalue weighted by Gasteiger charge is 2.36. The Kier molecular flexibility index (Phi) is 2.64. The fourth-order valence-corrected chi connectivity index (χ4v) is 2.11. The van der Waals surface area contributed by atoms with Gasteiger partial charge in [0, 0.05) is 18.7 Å². The van der Waals surface area contributed by atoms with Crippen LogP contribution in [0.3, 0.4) is 0 Å². The minimum Gasteiger partial charge on any atom is -0.481 e. The molecular weight excluding hydrogens is 210 g/mol. The van der Waals surface area contributed by atoms with E-state index in [9.17, 15) is 9.59 Å². The van der Waals surface area contributed by atoms with Gasteiger partial charge >= 0.3 is 5.97 Å². The van der Waals surface area contributed by atoms with E-state index in [1.807, 2.05) is 11.8 Å². The van der Waals surface area contributed by atoms with E-state index in [0.29, 0.717) is 18.8 Å². The predicted molar refractivity (Wildman–Crippen MR) is 57.4 cm³/mol. The second-order valence-corrected chi connectivity index (χ2v) is 3.94. The second kappa shape index (κ2) is 3.96. The molecule has 0 aromatic carbocycles. The molecule has 2 unspecified atom stereocenters. The topological polar surface area (TPSA) is 86.3 Å². The monoisotopic (exact) mass is 223 g/mol. The number of carboxylic acid groups (broad SMARTS) is 1. The Morgan fingerprint density at radius 3 is 3.00 bits per heavy atom. The third kappa shape index (κ3) is 1.78. The molecule has 2 atom stereocenters. The number of aromatic amines is 1. The maximum absolute atomic E-state index is 11.1. The van der Waals surface area contributed by atoms with Crippen molar-refractivity contribution in [3.05, 3.63) is 22.7 Å². The van der Waals surface area contributed by atoms with Crippen LogP contribution in [0.2, 0.25) is 0 Å². The van der Waals surface area contributed by atoms with E-state index in [1.54, 1.807) is 0 Å². The summed E-state index contributed by atoms with van der Waals surface area (Å²) in [6.07, 6.45) is 1.92. The Morgan fingerprint density at radius 2 is 2.44 bits per heavy atom. The number of carboxylic acids is 1. The molecule has 6 heteroatoms. The molecule has 2 heterocycles. The first-order chi connectivity index (χ1) is 7.59. The van der Waals surface area contributed by atoms with Crippen LogP contribution in [0.4, 0.5) is 5.82 Å². The van der Waals surface area contributed by atoms with Crippen molar-refractivity contribution in [1.29, 1.82) is 0 Å². The Balaban J connectivity index is 2.24. The maximum atomic E-state index is 11.1. The Bertz CT molecular complexity index is 457. The lowest BCUT2D eigenvalue weighted by atomic mass is 10.0. The number of anilines is 1. The van der Waals surface area contributed by atoms with Gasteiger partial charge in [-0.25, -0.2) is 4.98 Å². The van der Waals surface area contributed by atoms with Crippen molar-refractivity contribution >= 4 is 11.8 Å². The number of hydrogen-bond acceptors (Lipinski definition) is 4. The lowest BCUT2D eigenvalue weighted by Crippen LogP contribution is -2.34. The van der Waals surface area contributed by atoms with Crippen LogP contribution in [0.5, 0.6) is 0 Å². The van der Waals surface area contributed by atoms with Crippen molar-refractivity contribution in [3.8, 4) is 0 Å². The molecule has 0 radical (unpaired) electrons. The van der Waals surface area contributed by atoms with Crippen LogP contribution in [-0.2, 0) is 4.79 Å². The van der Waals surface area contributed by atoms with Gasteiger partial charge in [-0.05, 0) is 13.3 Å². The molecular formula is C10H13N3O3. The van der Waals surface area contributed by atoms with E-state index in [1.165, 1.54) is 12.4 Å². The van der Waals surface area contributed by atoms with Gasteiger partial charge in [0.05, 0.1) is 12.2 Å². The third-order valence-corrected chi connectivity index (χ3v) is 3.03. The lowest BCUT2D eigenvalue weighted by molar-refractivity contribution is -0.141. The van der Waals surface area contributed by atoms with Crippen molar-refractivity contribution in [2.45, 2.75) is 19.4 Å². The highest BCUT2D eigenvalue weighted by molar-refractivity contribution is 5.72. The zero-order valence-electron chi connectivity index (χ0n) is 8.88. The fraction of sp³-hybridized carbons (Fsp3) is 0.500. The molecule has 0 amide bonds. The van der Waals surface area contributed by atoms with Crippen molar-refractivity contribution in [3.63, 3.8) is 0 Å². The quantitative estimate of drug-likeness (QED) is 0.741. The summed E-state index contributed by atoms with van der Waals surface area (Å²) >= 11 is 0. The first-order valence-electron chi connectivity index (χ1n) is 5.14. The van der Waals surface area contributed by atoms with E-state index < -0.39 is 5.97 Å². The van der Waals surface area contributed by atoms with Crippen LogP contribution in [0.25, 0.3) is 0 Å². The van der Waals surface area contributed by atoms with Crippen LogP contribution in [-0.4, -0.2) is 33.6 Å². The Morgan fingerprint density at radius 1 is 1.69 bits per heavy atom. The van der Waals surface area contributed by atoms with Crippen LogP contribution >= 0.6 is 0 Å². The van der Waals surface area contributed by atoms with Gasteiger partial charge in [0.25, 0.3) is 5.56 Å². The van der Waals surface area contributed by atoms with Crippen LogP contribution < -0.4 is 10.5 Å². The molecule has 1 aromatic heterocycles. The van der Waals surface area contributed by atoms with Crippen molar-refractivity contribution in [2.75, 3.05) is 11.4 Å². The number of carbonyl (C=O) groups is 1. The number of H-pyrrole nitrogens is 1. The highest BCUT2D eigenvalue weighted by Crippen LogP contribution is 2.27. The summed E-state index contributed by atoms with van der Waals surface area (Å²) in [7, 11) is 0. The summed E-state index contributed by atoms with van der Waals surface area (Å²) in [5.74, 6) is -0.638. The molecule has 16 heavy (non-hydrogen) atoms. The van der Waals surface area contributed by atoms with Crippen molar-refractivity contribution in [2.24, 2.45) is 5.92 Å². The summed E-state index contributed by atoms with van der Waals surface area (Å²) in [5, 5.41) is 8.99. The molecule has 0 bridgehead atoms. The molecule has 1 aliphatic rings. The molecule has 6 nitrogen and oxygen atoms in total. The summed E-state index contributed by atoms with van der Waals surface area (Å²) in [6.45, 7) is 2.46. The molecule has 0 aliphatic carbocycles. The van der Waals surface area contributed by atoms with Gasteiger partial charge in [0.1, 0.15) is 5.82 Å². The molecule has 2 N–H and O–H groups in total. The first kappa shape index (κ1) is 10.7. The largest absolute Gasteiger partial charge is 0.481 e. The van der Waals surface area contributed by atoms with Crippen molar-refractivity contribution in [1.82, 2.24) is 9.97 Å². The van der Waals surface area contributed by atoms with E-state index in [-0.39, 0.29) is 17.5 Å². The SMILES string of the molecule is CC1C(C(=O)O)CCN1c1cc(=O)[nH]cn1. The maximum Gasteiger partial charge on any atom is 0.308 e. The van der Waals surface area contributed by atoms with Crippen LogP contribution in [0, 0.1) is 5.92 Å². The number of hydrogen-bond donors (Lipinski definition) is 2. The van der Waals surface area contributed by atoms with E-state index in [0.717, 1.165) is 0 Å². The minimum atomic E-state index is -0.792. The summed E-state index contributed by atoms with van der Waals surface area (Å²) in [5.41, 5.74) is -0.226. The molecule has 2 rings (SSSR count). The second-order valence-electron chi connectivity index (χ2n) is 3.94. The molecule has 1 aromatic rings. The van der Waals surface area contributed by atoms with E-state index in [4.69, 9.17) is 5.11 Å². The standard InChI is InChI=1S/C10H13N3O3/c1-6-7(10(15)16)2-3-13(6)8-4-9(14)12-5-11-8/h4-7H,2-3H2,1H3,(H,15,16)(H,11,12,14). The van der Waals surface area contributed by atoms with Gasteiger partial charge in [0.15, 0.2) is 0 Å². The van der Waals surface area contributed by atoms with Gasteiger partial charge in [-0.3, -0.25) is 9.59 Å². The highest BCUT2D eigenvalue weighted by atomic mass is 16.4. The Hall–Kier alpha value is -1.85. The number of nitrogens with one attached hydrogen (secondary N) is 1. The minimum absolute atomic E-state index is 0.133. The third-order valence-electron chi connectivity index (χ3n) is 3.03. The molecule has 1 fully saturated rings. The summed E-state index contributed by atoms with van der Waals surface area (Å²) in [6, 6.07) is 1.26. The summed E-state index contributed by atoms with van der Waals surface area (Å²) < 4.78 is 0. The van der Waals surface area contributed by atoms with Crippen LogP contribution in [0.1, 0.15) is 13.3 Å². The van der Waals surface area contributed by atoms with Gasteiger partial charge in [0.2, 0.25) is 0 Å². The smallest absolute Gasteiger partial charge is 0.308 e. The van der Waals surface area contributed by atoms with E-state index in [2.05, 4.69) is 9.97 Å². The van der Waals surface area contributed by atoms with E-state index >= 15 is 0 Å². The van der Waals surface area contributed by atoms with Gasteiger partial charge < -0.3 is 15.0 Å². The molecule has 86 valence electrons. The number of aromatic nitrogens is 2. The van der Waals surface area contributed by atoms with Gasteiger partial charge in [-0.2, -0.15) is 0 Å². The Labute approximate surface area is 91.9 Å². The lowest BCUT2D eigenvalue weighted by Gasteiger charge is -2.23. The normalized spacial score (nSPS) is 24.7. The number of nitrogens with zero attached hydrogens (tertiary/aromatic N) is 2. The fourth-order valence-electron chi connectivity index (χ4n) is 2.11. The van der Waals surface area contributed by atoms with Crippen molar-refractivity contribution < 1.29 is 9.90 Å². The first-order valence-corrected chi connectivity index (χ1v) is 5.14. The average Bonchev–Trinajstić information content (AvgIpc) is 2.60. The average molecular weight is 223 g/mol.